The van der Waals surface area contributed by atoms with Crippen LogP contribution in [0.1, 0.15) is 19.4 Å². The molecule has 0 aliphatic rings. The highest BCUT2D eigenvalue weighted by Gasteiger charge is 2.11. The Kier molecular flexibility index (Phi) is 5.36. The lowest BCUT2D eigenvalue weighted by molar-refractivity contribution is -0.117. The van der Waals surface area contributed by atoms with Crippen molar-refractivity contribution in [3.8, 4) is 0 Å². The van der Waals surface area contributed by atoms with Gasteiger partial charge in [0.15, 0.2) is 0 Å². The number of aliphatic hydroxyl groups is 1. The maximum Gasteiger partial charge on any atom is 0.244 e. The van der Waals surface area contributed by atoms with E-state index in [9.17, 15) is 4.79 Å². The summed E-state index contributed by atoms with van der Waals surface area (Å²) < 4.78 is 0. The Balaban J connectivity index is 2.47. The van der Waals surface area contributed by atoms with Crippen molar-refractivity contribution in [3.63, 3.8) is 0 Å². The Morgan fingerprint density at radius 3 is 2.94 bits per heavy atom. The van der Waals surface area contributed by atoms with E-state index in [1.54, 1.807) is 18.5 Å². The minimum Gasteiger partial charge on any atom is -0.396 e. The second-order valence-corrected chi connectivity index (χ2v) is 4.08. The smallest absolute Gasteiger partial charge is 0.244 e. The third-order valence-corrected chi connectivity index (χ3v) is 2.62. The minimum absolute atomic E-state index is 0.0470. The third kappa shape index (κ3) is 4.78. The second kappa shape index (κ2) is 6.81. The maximum absolute atomic E-state index is 11.5. The standard InChI is InChI=1S/C13H18N2O2/c1-10(9-16)11(2)15-13(17)6-5-12-4-3-7-14-8-12/h3-8,10-11,16H,9H2,1-2H3,(H,15,17)/b6-5+. The molecule has 2 N–H and O–H groups in total. The minimum atomic E-state index is -0.165. The number of rotatable bonds is 5. The predicted molar refractivity (Wildman–Crippen MR) is 67.1 cm³/mol. The van der Waals surface area contributed by atoms with E-state index in [1.165, 1.54) is 6.08 Å². The molecule has 1 aromatic heterocycles. The fraction of sp³-hybridized carbons (Fsp3) is 0.385. The van der Waals surface area contributed by atoms with Crippen molar-refractivity contribution in [1.29, 1.82) is 0 Å². The Labute approximate surface area is 101 Å². The van der Waals surface area contributed by atoms with Crippen molar-refractivity contribution in [1.82, 2.24) is 10.3 Å². The number of amides is 1. The van der Waals surface area contributed by atoms with E-state index in [0.717, 1.165) is 5.56 Å². The van der Waals surface area contributed by atoms with Crippen LogP contribution in [0, 0.1) is 5.92 Å². The van der Waals surface area contributed by atoms with Gasteiger partial charge >= 0.3 is 0 Å². The van der Waals surface area contributed by atoms with Crippen LogP contribution in [0.25, 0.3) is 6.08 Å². The molecule has 1 heterocycles. The van der Waals surface area contributed by atoms with Gasteiger partial charge in [-0.15, -0.1) is 0 Å². The first kappa shape index (κ1) is 13.4. The zero-order chi connectivity index (χ0) is 12.7. The van der Waals surface area contributed by atoms with Gasteiger partial charge in [-0.25, -0.2) is 0 Å². The van der Waals surface area contributed by atoms with E-state index in [4.69, 9.17) is 5.11 Å². The molecule has 0 bridgehead atoms. The van der Waals surface area contributed by atoms with Crippen LogP contribution in [0.15, 0.2) is 30.6 Å². The van der Waals surface area contributed by atoms with Gasteiger partial charge in [0, 0.05) is 31.1 Å². The number of nitrogens with one attached hydrogen (secondary N) is 1. The number of hydrogen-bond acceptors (Lipinski definition) is 3. The van der Waals surface area contributed by atoms with Gasteiger partial charge in [-0.2, -0.15) is 0 Å². The molecule has 92 valence electrons. The lowest BCUT2D eigenvalue weighted by Gasteiger charge is -2.17. The van der Waals surface area contributed by atoms with Crippen molar-refractivity contribution in [2.45, 2.75) is 19.9 Å². The number of hydrogen-bond donors (Lipinski definition) is 2. The molecule has 0 aliphatic heterocycles. The number of pyridine rings is 1. The highest BCUT2D eigenvalue weighted by atomic mass is 16.3. The Bertz CT molecular complexity index is 376. The van der Waals surface area contributed by atoms with Crippen LogP contribution >= 0.6 is 0 Å². The van der Waals surface area contributed by atoms with Crippen molar-refractivity contribution in [2.75, 3.05) is 6.61 Å². The zero-order valence-corrected chi connectivity index (χ0v) is 10.1. The maximum atomic E-state index is 11.5. The second-order valence-electron chi connectivity index (χ2n) is 4.08. The van der Waals surface area contributed by atoms with Crippen LogP contribution in [0.2, 0.25) is 0 Å². The van der Waals surface area contributed by atoms with E-state index >= 15 is 0 Å². The summed E-state index contributed by atoms with van der Waals surface area (Å²) >= 11 is 0. The summed E-state index contributed by atoms with van der Waals surface area (Å²) in [6, 6.07) is 3.64. The number of aromatic nitrogens is 1. The van der Waals surface area contributed by atoms with E-state index < -0.39 is 0 Å². The molecule has 1 aromatic rings. The Morgan fingerprint density at radius 1 is 1.59 bits per heavy atom. The van der Waals surface area contributed by atoms with Crippen molar-refractivity contribution < 1.29 is 9.90 Å². The topological polar surface area (TPSA) is 62.2 Å². The highest BCUT2D eigenvalue weighted by Crippen LogP contribution is 2.01. The van der Waals surface area contributed by atoms with Gasteiger partial charge in [-0.1, -0.05) is 13.0 Å². The third-order valence-electron chi connectivity index (χ3n) is 2.62. The molecule has 0 aromatic carbocycles. The van der Waals surface area contributed by atoms with Crippen LogP contribution in [0.4, 0.5) is 0 Å². The monoisotopic (exact) mass is 234 g/mol. The first-order valence-electron chi connectivity index (χ1n) is 5.63. The summed E-state index contributed by atoms with van der Waals surface area (Å²) in [5, 5.41) is 11.7. The summed E-state index contributed by atoms with van der Waals surface area (Å²) in [4.78, 5) is 15.5. The van der Waals surface area contributed by atoms with Gasteiger partial charge in [0.25, 0.3) is 0 Å². The van der Waals surface area contributed by atoms with E-state index in [0.29, 0.717) is 0 Å². The molecule has 0 fully saturated rings. The Hall–Kier alpha value is -1.68. The molecule has 0 radical (unpaired) electrons. The average molecular weight is 234 g/mol. The quantitative estimate of drug-likeness (QED) is 0.753. The van der Waals surface area contributed by atoms with Crippen molar-refractivity contribution >= 4 is 12.0 Å². The molecule has 2 atom stereocenters. The van der Waals surface area contributed by atoms with Gasteiger partial charge < -0.3 is 10.4 Å². The molecule has 0 saturated carbocycles. The fourth-order valence-corrected chi connectivity index (χ4v) is 1.22. The average Bonchev–Trinajstić information content (AvgIpc) is 2.36. The van der Waals surface area contributed by atoms with E-state index in [1.807, 2.05) is 26.0 Å². The first-order chi connectivity index (χ1) is 8.13. The molecular weight excluding hydrogens is 216 g/mol. The van der Waals surface area contributed by atoms with Crippen molar-refractivity contribution in [2.24, 2.45) is 5.92 Å². The van der Waals surface area contributed by atoms with E-state index in [2.05, 4.69) is 10.3 Å². The summed E-state index contributed by atoms with van der Waals surface area (Å²) in [7, 11) is 0. The molecule has 17 heavy (non-hydrogen) atoms. The molecule has 4 heteroatoms. The molecule has 1 rings (SSSR count). The molecule has 2 unspecified atom stereocenters. The lowest BCUT2D eigenvalue weighted by Crippen LogP contribution is -2.37. The molecule has 4 nitrogen and oxygen atoms in total. The van der Waals surface area contributed by atoms with Gasteiger partial charge in [-0.05, 0) is 30.5 Å². The molecule has 0 saturated heterocycles. The normalized spacial score (nSPS) is 14.5. The molecule has 1 amide bonds. The van der Waals surface area contributed by atoms with Gasteiger partial charge in [-0.3, -0.25) is 9.78 Å². The molecule has 0 aliphatic carbocycles. The lowest BCUT2D eigenvalue weighted by atomic mass is 10.1. The highest BCUT2D eigenvalue weighted by molar-refractivity contribution is 5.91. The van der Waals surface area contributed by atoms with Crippen LogP contribution in [-0.4, -0.2) is 28.6 Å². The SMILES string of the molecule is CC(CO)C(C)NC(=O)/C=C/c1cccnc1. The van der Waals surface area contributed by atoms with Crippen LogP contribution < -0.4 is 5.32 Å². The van der Waals surface area contributed by atoms with Crippen molar-refractivity contribution in [3.05, 3.63) is 36.2 Å². The van der Waals surface area contributed by atoms with Gasteiger partial charge in [0.2, 0.25) is 5.91 Å². The fourth-order valence-electron chi connectivity index (χ4n) is 1.22. The predicted octanol–water partition coefficient (Wildman–Crippen LogP) is 1.23. The van der Waals surface area contributed by atoms with E-state index in [-0.39, 0.29) is 24.5 Å². The summed E-state index contributed by atoms with van der Waals surface area (Å²) in [6.45, 7) is 3.82. The van der Waals surface area contributed by atoms with Gasteiger partial charge in [0.05, 0.1) is 0 Å². The number of carbonyl (C=O) groups is 1. The Morgan fingerprint density at radius 2 is 2.35 bits per heavy atom. The summed E-state index contributed by atoms with van der Waals surface area (Å²) in [5.41, 5.74) is 0.880. The van der Waals surface area contributed by atoms with Crippen LogP contribution in [0.3, 0.4) is 0 Å². The number of nitrogens with zero attached hydrogens (tertiary/aromatic N) is 1. The summed E-state index contributed by atoms with van der Waals surface area (Å²) in [6.07, 6.45) is 6.54. The zero-order valence-electron chi connectivity index (χ0n) is 10.1. The van der Waals surface area contributed by atoms with Crippen LogP contribution in [-0.2, 0) is 4.79 Å². The summed E-state index contributed by atoms with van der Waals surface area (Å²) in [5.74, 6) is -0.118. The first-order valence-corrected chi connectivity index (χ1v) is 5.63. The number of carbonyl (C=O) groups excluding carboxylic acids is 1. The molecular formula is C13H18N2O2. The largest absolute Gasteiger partial charge is 0.396 e. The molecule has 0 spiro atoms. The van der Waals surface area contributed by atoms with Gasteiger partial charge in [0.1, 0.15) is 0 Å². The number of aliphatic hydroxyl groups excluding tert-OH is 1. The van der Waals surface area contributed by atoms with Crippen LogP contribution in [0.5, 0.6) is 0 Å².